The van der Waals surface area contributed by atoms with E-state index >= 15 is 0 Å². The quantitative estimate of drug-likeness (QED) is 0.837. The lowest BCUT2D eigenvalue weighted by molar-refractivity contribution is -0.117. The summed E-state index contributed by atoms with van der Waals surface area (Å²) in [6.45, 7) is 3.13. The third-order valence-corrected chi connectivity index (χ3v) is 3.09. The van der Waals surface area contributed by atoms with Crippen molar-refractivity contribution in [1.29, 1.82) is 0 Å². The van der Waals surface area contributed by atoms with Crippen LogP contribution in [0.1, 0.15) is 12.0 Å². The number of rotatable bonds is 3. The minimum Gasteiger partial charge on any atom is -0.480 e. The number of methoxy groups -OCH3 is 1. The monoisotopic (exact) mass is 235 g/mol. The molecule has 2 heterocycles. The molecule has 1 aliphatic heterocycles. The van der Waals surface area contributed by atoms with Crippen LogP contribution >= 0.6 is 0 Å². The fourth-order valence-corrected chi connectivity index (χ4v) is 2.16. The van der Waals surface area contributed by atoms with Gasteiger partial charge < -0.3 is 15.4 Å². The third-order valence-electron chi connectivity index (χ3n) is 3.09. The van der Waals surface area contributed by atoms with Gasteiger partial charge in [-0.3, -0.25) is 4.79 Å². The Balaban J connectivity index is 2.37. The molecule has 1 aromatic rings. The second-order valence-electron chi connectivity index (χ2n) is 4.30. The van der Waals surface area contributed by atoms with Crippen molar-refractivity contribution in [1.82, 2.24) is 4.98 Å². The van der Waals surface area contributed by atoms with Crippen molar-refractivity contribution < 1.29 is 9.53 Å². The molecule has 1 saturated heterocycles. The van der Waals surface area contributed by atoms with E-state index < -0.39 is 0 Å². The van der Waals surface area contributed by atoms with Gasteiger partial charge in [0.1, 0.15) is 5.69 Å². The third kappa shape index (κ3) is 2.10. The Morgan fingerprint density at radius 1 is 1.65 bits per heavy atom. The predicted octanol–water partition coefficient (Wildman–Crippen LogP) is 0.710. The van der Waals surface area contributed by atoms with Crippen LogP contribution in [0.25, 0.3) is 0 Å². The van der Waals surface area contributed by atoms with E-state index in [0.717, 1.165) is 11.3 Å². The molecule has 0 aromatic carbocycles. The number of hydrogen-bond acceptors (Lipinski definition) is 4. The summed E-state index contributed by atoms with van der Waals surface area (Å²) in [5, 5.41) is 0. The van der Waals surface area contributed by atoms with Crippen molar-refractivity contribution in [3.05, 3.63) is 17.8 Å². The largest absolute Gasteiger partial charge is 0.480 e. The van der Waals surface area contributed by atoms with E-state index in [2.05, 4.69) is 4.98 Å². The van der Waals surface area contributed by atoms with Crippen LogP contribution in [-0.2, 0) is 4.79 Å². The molecule has 0 radical (unpaired) electrons. The number of hydrogen-bond donors (Lipinski definition) is 1. The zero-order valence-corrected chi connectivity index (χ0v) is 10.1. The first-order chi connectivity index (χ1) is 8.17. The molecule has 0 saturated carbocycles. The Kier molecular flexibility index (Phi) is 3.28. The van der Waals surface area contributed by atoms with E-state index in [1.54, 1.807) is 18.2 Å². The molecular formula is C12H17N3O2. The number of aryl methyl sites for hydroxylation is 1. The number of nitrogens with two attached hydrogens (primary N) is 1. The summed E-state index contributed by atoms with van der Waals surface area (Å²) in [4.78, 5) is 17.8. The highest BCUT2D eigenvalue weighted by atomic mass is 16.5. The topological polar surface area (TPSA) is 68.4 Å². The van der Waals surface area contributed by atoms with Crippen LogP contribution in [0.15, 0.2) is 12.3 Å². The van der Waals surface area contributed by atoms with Gasteiger partial charge in [-0.15, -0.1) is 0 Å². The molecule has 0 bridgehead atoms. The Morgan fingerprint density at radius 2 is 2.41 bits per heavy atom. The summed E-state index contributed by atoms with van der Waals surface area (Å²) in [5.41, 5.74) is 7.38. The molecule has 2 rings (SSSR count). The maximum absolute atomic E-state index is 12.0. The Hall–Kier alpha value is -1.62. The van der Waals surface area contributed by atoms with Gasteiger partial charge in [-0.25, -0.2) is 4.98 Å². The van der Waals surface area contributed by atoms with E-state index in [4.69, 9.17) is 10.5 Å². The van der Waals surface area contributed by atoms with Crippen molar-refractivity contribution >= 4 is 11.6 Å². The van der Waals surface area contributed by atoms with Crippen molar-refractivity contribution in [3.8, 4) is 5.88 Å². The Labute approximate surface area is 101 Å². The molecule has 1 aromatic heterocycles. The molecule has 0 spiro atoms. The van der Waals surface area contributed by atoms with Gasteiger partial charge in [-0.1, -0.05) is 0 Å². The number of ether oxygens (including phenoxy) is 1. The highest BCUT2D eigenvalue weighted by Gasteiger charge is 2.32. The van der Waals surface area contributed by atoms with E-state index in [9.17, 15) is 4.79 Å². The summed E-state index contributed by atoms with van der Waals surface area (Å²) < 4.78 is 5.22. The molecule has 1 atom stereocenters. The van der Waals surface area contributed by atoms with Gasteiger partial charge in [0.05, 0.1) is 7.11 Å². The molecule has 2 N–H and O–H groups in total. The molecular weight excluding hydrogens is 218 g/mol. The van der Waals surface area contributed by atoms with Gasteiger partial charge in [0, 0.05) is 19.2 Å². The summed E-state index contributed by atoms with van der Waals surface area (Å²) in [7, 11) is 1.56. The Bertz CT molecular complexity index is 434. The maximum Gasteiger partial charge on any atom is 0.237 e. The minimum absolute atomic E-state index is 0.0925. The van der Waals surface area contributed by atoms with Gasteiger partial charge in [-0.2, -0.15) is 0 Å². The van der Waals surface area contributed by atoms with E-state index in [1.807, 2.05) is 13.0 Å². The Morgan fingerprint density at radius 3 is 3.00 bits per heavy atom. The van der Waals surface area contributed by atoms with Crippen LogP contribution in [0.4, 0.5) is 5.69 Å². The van der Waals surface area contributed by atoms with E-state index in [0.29, 0.717) is 25.4 Å². The van der Waals surface area contributed by atoms with Crippen LogP contribution in [0.5, 0.6) is 5.88 Å². The van der Waals surface area contributed by atoms with Crippen LogP contribution in [0.2, 0.25) is 0 Å². The van der Waals surface area contributed by atoms with Crippen molar-refractivity contribution in [2.45, 2.75) is 13.3 Å². The normalized spacial score (nSPS) is 19.8. The van der Waals surface area contributed by atoms with Gasteiger partial charge in [0.15, 0.2) is 0 Å². The van der Waals surface area contributed by atoms with Crippen molar-refractivity contribution in [2.75, 3.05) is 25.1 Å². The first-order valence-electron chi connectivity index (χ1n) is 5.67. The fraction of sp³-hybridized carbons (Fsp3) is 0.500. The van der Waals surface area contributed by atoms with Crippen LogP contribution in [0, 0.1) is 12.8 Å². The van der Waals surface area contributed by atoms with Crippen LogP contribution in [0.3, 0.4) is 0 Å². The molecule has 1 fully saturated rings. The number of aromatic nitrogens is 1. The second-order valence-corrected chi connectivity index (χ2v) is 4.30. The zero-order valence-electron chi connectivity index (χ0n) is 10.1. The van der Waals surface area contributed by atoms with E-state index in [-0.39, 0.29) is 11.8 Å². The molecule has 1 aliphatic rings. The highest BCUT2D eigenvalue weighted by Crippen LogP contribution is 2.33. The number of carbonyl (C=O) groups is 1. The molecule has 5 heteroatoms. The molecule has 0 aliphatic carbocycles. The number of carbonyl (C=O) groups excluding carboxylic acids is 1. The lowest BCUT2D eigenvalue weighted by Gasteiger charge is -2.20. The first kappa shape index (κ1) is 11.9. The summed E-state index contributed by atoms with van der Waals surface area (Å²) in [6, 6.07) is 1.88. The standard InChI is InChI=1S/C12H17N3O2/c1-8-3-4-14-12(17-2)11(8)15-7-9(6-13)5-10(15)16/h3-4,9H,5-7,13H2,1-2H3. The number of pyridine rings is 1. The van der Waals surface area contributed by atoms with Gasteiger partial charge in [0.25, 0.3) is 0 Å². The van der Waals surface area contributed by atoms with Crippen molar-refractivity contribution in [3.63, 3.8) is 0 Å². The fourth-order valence-electron chi connectivity index (χ4n) is 2.16. The molecule has 1 amide bonds. The maximum atomic E-state index is 12.0. The van der Waals surface area contributed by atoms with Crippen LogP contribution in [-0.4, -0.2) is 31.1 Å². The predicted molar refractivity (Wildman–Crippen MR) is 65.0 cm³/mol. The van der Waals surface area contributed by atoms with Gasteiger partial charge in [-0.05, 0) is 31.0 Å². The van der Waals surface area contributed by atoms with Crippen molar-refractivity contribution in [2.24, 2.45) is 11.7 Å². The lowest BCUT2D eigenvalue weighted by Crippen LogP contribution is -2.27. The molecule has 5 nitrogen and oxygen atoms in total. The SMILES string of the molecule is COc1nccc(C)c1N1CC(CN)CC1=O. The average Bonchev–Trinajstić information content (AvgIpc) is 2.70. The summed E-state index contributed by atoms with van der Waals surface area (Å²) in [6.07, 6.45) is 2.19. The zero-order chi connectivity index (χ0) is 12.4. The number of anilines is 1. The summed E-state index contributed by atoms with van der Waals surface area (Å²) >= 11 is 0. The number of nitrogens with zero attached hydrogens (tertiary/aromatic N) is 2. The molecule has 17 heavy (non-hydrogen) atoms. The summed E-state index contributed by atoms with van der Waals surface area (Å²) in [5.74, 6) is 0.817. The van der Waals surface area contributed by atoms with Gasteiger partial charge in [0.2, 0.25) is 11.8 Å². The first-order valence-corrected chi connectivity index (χ1v) is 5.67. The second kappa shape index (κ2) is 4.71. The lowest BCUT2D eigenvalue weighted by atomic mass is 10.1. The molecule has 92 valence electrons. The highest BCUT2D eigenvalue weighted by molar-refractivity contribution is 5.97. The average molecular weight is 235 g/mol. The smallest absolute Gasteiger partial charge is 0.237 e. The van der Waals surface area contributed by atoms with Gasteiger partial charge >= 0.3 is 0 Å². The van der Waals surface area contributed by atoms with E-state index in [1.165, 1.54) is 0 Å². The minimum atomic E-state index is 0.0925. The van der Waals surface area contributed by atoms with Crippen LogP contribution < -0.4 is 15.4 Å². The number of amides is 1. The molecule has 1 unspecified atom stereocenters.